The minimum Gasteiger partial charge on any atom is -0.325 e. The van der Waals surface area contributed by atoms with Crippen molar-refractivity contribution in [3.05, 3.63) is 54.0 Å². The number of nitrogens with one attached hydrogen (secondary N) is 1. The van der Waals surface area contributed by atoms with Gasteiger partial charge in [0.25, 0.3) is 0 Å². The number of hydrogen-bond donors (Lipinski definition) is 1. The summed E-state index contributed by atoms with van der Waals surface area (Å²) >= 11 is 1.61. The lowest BCUT2D eigenvalue weighted by molar-refractivity contribution is -0.113. The zero-order chi connectivity index (χ0) is 20.1. The van der Waals surface area contributed by atoms with E-state index in [9.17, 15) is 4.79 Å². The Morgan fingerprint density at radius 3 is 2.72 bits per heavy atom. The Labute approximate surface area is 176 Å². The average molecular weight is 409 g/mol. The summed E-state index contributed by atoms with van der Waals surface area (Å²) in [7, 11) is 0. The van der Waals surface area contributed by atoms with Crippen molar-refractivity contribution in [2.45, 2.75) is 57.2 Å². The minimum absolute atomic E-state index is 0.0256. The summed E-state index contributed by atoms with van der Waals surface area (Å²) in [6.45, 7) is 2.13. The van der Waals surface area contributed by atoms with Gasteiger partial charge in [-0.2, -0.15) is 0 Å². The highest BCUT2D eigenvalue weighted by Gasteiger charge is 2.22. The van der Waals surface area contributed by atoms with Gasteiger partial charge in [0, 0.05) is 17.9 Å². The van der Waals surface area contributed by atoms with E-state index >= 15 is 0 Å². The highest BCUT2D eigenvalue weighted by Crippen LogP contribution is 2.32. The molecule has 0 unspecified atom stereocenters. The number of pyridine rings is 1. The van der Waals surface area contributed by atoms with Crippen LogP contribution in [0.2, 0.25) is 0 Å². The normalized spacial score (nSPS) is 14.9. The number of aryl methyl sites for hydroxylation is 1. The maximum absolute atomic E-state index is 12.3. The summed E-state index contributed by atoms with van der Waals surface area (Å²) in [5.41, 5.74) is 4.06. The molecular formula is C23H28N4OS. The molecule has 1 aromatic carbocycles. The molecule has 0 aliphatic heterocycles. The van der Waals surface area contributed by atoms with E-state index in [2.05, 4.69) is 33.9 Å². The SMILES string of the molecule is CCc1ccc(NC(=O)CSCc2nc3cccnc3n2C2CCCCC2)cc1. The van der Waals surface area contributed by atoms with Crippen LogP contribution < -0.4 is 5.32 Å². The number of amides is 1. The molecular weight excluding hydrogens is 380 g/mol. The number of thioether (sulfide) groups is 1. The first-order chi connectivity index (χ1) is 14.2. The predicted octanol–water partition coefficient (Wildman–Crippen LogP) is 5.37. The molecule has 1 aliphatic carbocycles. The maximum atomic E-state index is 12.3. The number of carbonyl (C=O) groups excluding carboxylic acids is 1. The van der Waals surface area contributed by atoms with Gasteiger partial charge in [0.15, 0.2) is 5.65 Å². The van der Waals surface area contributed by atoms with Crippen molar-refractivity contribution in [3.8, 4) is 0 Å². The smallest absolute Gasteiger partial charge is 0.234 e. The van der Waals surface area contributed by atoms with E-state index in [0.29, 0.717) is 11.8 Å². The van der Waals surface area contributed by atoms with Gasteiger partial charge in [-0.05, 0) is 49.1 Å². The molecule has 3 aromatic rings. The molecule has 0 atom stereocenters. The molecule has 6 heteroatoms. The van der Waals surface area contributed by atoms with E-state index in [1.807, 2.05) is 30.5 Å². The molecule has 1 aliphatic rings. The van der Waals surface area contributed by atoms with Crippen LogP contribution >= 0.6 is 11.8 Å². The average Bonchev–Trinajstić information content (AvgIpc) is 3.13. The lowest BCUT2D eigenvalue weighted by Crippen LogP contribution is -2.17. The summed E-state index contributed by atoms with van der Waals surface area (Å²) in [4.78, 5) is 21.8. The molecule has 0 spiro atoms. The Balaban J connectivity index is 1.40. The van der Waals surface area contributed by atoms with Crippen LogP contribution in [0.25, 0.3) is 11.2 Å². The third-order valence-corrected chi connectivity index (χ3v) is 6.50. The highest BCUT2D eigenvalue weighted by molar-refractivity contribution is 7.99. The fourth-order valence-electron chi connectivity index (χ4n) is 4.06. The maximum Gasteiger partial charge on any atom is 0.234 e. The summed E-state index contributed by atoms with van der Waals surface area (Å²) in [6.07, 6.45) is 9.08. The number of imidazole rings is 1. The first kappa shape index (κ1) is 20.0. The van der Waals surface area contributed by atoms with Gasteiger partial charge in [0.05, 0.1) is 11.5 Å². The van der Waals surface area contributed by atoms with Crippen LogP contribution in [0.1, 0.15) is 56.5 Å². The van der Waals surface area contributed by atoms with Crippen LogP contribution in [0, 0.1) is 0 Å². The number of aromatic nitrogens is 3. The van der Waals surface area contributed by atoms with Gasteiger partial charge in [0.2, 0.25) is 5.91 Å². The lowest BCUT2D eigenvalue weighted by Gasteiger charge is -2.25. The van der Waals surface area contributed by atoms with Gasteiger partial charge < -0.3 is 9.88 Å². The monoisotopic (exact) mass is 408 g/mol. The molecule has 152 valence electrons. The second-order valence-corrected chi connectivity index (χ2v) is 8.61. The van der Waals surface area contributed by atoms with Gasteiger partial charge in [-0.15, -0.1) is 11.8 Å². The fourth-order valence-corrected chi connectivity index (χ4v) is 4.80. The quantitative estimate of drug-likeness (QED) is 0.571. The van der Waals surface area contributed by atoms with Crippen molar-refractivity contribution in [2.24, 2.45) is 0 Å². The van der Waals surface area contributed by atoms with Crippen LogP contribution in [-0.2, 0) is 17.0 Å². The molecule has 5 nitrogen and oxygen atoms in total. The highest BCUT2D eigenvalue weighted by atomic mass is 32.2. The van der Waals surface area contributed by atoms with Crippen molar-refractivity contribution in [2.75, 3.05) is 11.1 Å². The molecule has 2 aromatic heterocycles. The van der Waals surface area contributed by atoms with E-state index in [1.54, 1.807) is 11.8 Å². The van der Waals surface area contributed by atoms with Crippen molar-refractivity contribution in [1.82, 2.24) is 14.5 Å². The summed E-state index contributed by atoms with van der Waals surface area (Å²) < 4.78 is 2.34. The lowest BCUT2D eigenvalue weighted by atomic mass is 9.95. The van der Waals surface area contributed by atoms with Gasteiger partial charge in [-0.3, -0.25) is 4.79 Å². The largest absolute Gasteiger partial charge is 0.325 e. The van der Waals surface area contributed by atoms with Crippen molar-refractivity contribution in [3.63, 3.8) is 0 Å². The molecule has 0 bridgehead atoms. The van der Waals surface area contributed by atoms with E-state index in [4.69, 9.17) is 4.98 Å². The van der Waals surface area contributed by atoms with Crippen molar-refractivity contribution in [1.29, 1.82) is 0 Å². The Bertz CT molecular complexity index is 961. The zero-order valence-electron chi connectivity index (χ0n) is 16.9. The second kappa shape index (κ2) is 9.44. The number of anilines is 1. The zero-order valence-corrected chi connectivity index (χ0v) is 17.8. The minimum atomic E-state index is 0.0256. The van der Waals surface area contributed by atoms with Crippen LogP contribution in [0.15, 0.2) is 42.6 Å². The van der Waals surface area contributed by atoms with E-state index < -0.39 is 0 Å². The molecule has 4 rings (SSSR count). The first-order valence-corrected chi connectivity index (χ1v) is 11.7. The molecule has 2 heterocycles. The van der Waals surface area contributed by atoms with Gasteiger partial charge >= 0.3 is 0 Å². The summed E-state index contributed by atoms with van der Waals surface area (Å²) in [6, 6.07) is 12.5. The standard InChI is InChI=1S/C23H28N4OS/c1-2-17-10-12-18(13-11-17)25-22(28)16-29-15-21-26-20-9-6-14-24-23(20)27(21)19-7-4-3-5-8-19/h6,9-14,19H,2-5,7-8,15-16H2,1H3,(H,25,28). The molecule has 1 amide bonds. The third kappa shape index (κ3) is 4.81. The van der Waals surface area contributed by atoms with Crippen LogP contribution in [0.5, 0.6) is 0 Å². The topological polar surface area (TPSA) is 59.8 Å². The first-order valence-electron chi connectivity index (χ1n) is 10.5. The second-order valence-electron chi connectivity index (χ2n) is 7.63. The Kier molecular flexibility index (Phi) is 6.49. The molecule has 0 radical (unpaired) electrons. The number of carbonyl (C=O) groups is 1. The van der Waals surface area contributed by atoms with Crippen LogP contribution in [0.4, 0.5) is 5.69 Å². The molecule has 1 fully saturated rings. The van der Waals surface area contributed by atoms with E-state index in [1.165, 1.54) is 37.7 Å². The molecule has 29 heavy (non-hydrogen) atoms. The number of hydrogen-bond acceptors (Lipinski definition) is 4. The number of nitrogens with zero attached hydrogens (tertiary/aromatic N) is 3. The third-order valence-electron chi connectivity index (χ3n) is 5.57. The van der Waals surface area contributed by atoms with Crippen molar-refractivity contribution < 1.29 is 4.79 Å². The summed E-state index contributed by atoms with van der Waals surface area (Å²) in [5, 5.41) is 2.98. The summed E-state index contributed by atoms with van der Waals surface area (Å²) in [5.74, 6) is 2.19. The van der Waals surface area contributed by atoms with Gasteiger partial charge in [-0.25, -0.2) is 9.97 Å². The van der Waals surface area contributed by atoms with E-state index in [-0.39, 0.29) is 5.91 Å². The number of fused-ring (bicyclic) bond motifs is 1. The molecule has 1 saturated carbocycles. The van der Waals surface area contributed by atoms with E-state index in [0.717, 1.165) is 34.8 Å². The Morgan fingerprint density at radius 1 is 1.17 bits per heavy atom. The number of rotatable bonds is 7. The number of benzene rings is 1. The van der Waals surface area contributed by atoms with Gasteiger partial charge in [0.1, 0.15) is 11.3 Å². The fraction of sp³-hybridized carbons (Fsp3) is 0.435. The Hall–Kier alpha value is -2.34. The Morgan fingerprint density at radius 2 is 1.97 bits per heavy atom. The van der Waals surface area contributed by atoms with Crippen molar-refractivity contribution >= 4 is 34.5 Å². The van der Waals surface area contributed by atoms with Crippen LogP contribution in [-0.4, -0.2) is 26.2 Å². The molecule has 0 saturated heterocycles. The van der Waals surface area contributed by atoms with Crippen LogP contribution in [0.3, 0.4) is 0 Å². The molecule has 1 N–H and O–H groups in total. The van der Waals surface area contributed by atoms with Gasteiger partial charge in [-0.1, -0.05) is 38.3 Å². The predicted molar refractivity (Wildman–Crippen MR) is 120 cm³/mol.